The first-order valence-corrected chi connectivity index (χ1v) is 10.9. The molecule has 0 aromatic heterocycles. The Labute approximate surface area is 182 Å². The number of carbonyl (C=O) groups is 4. The van der Waals surface area contributed by atoms with Crippen LogP contribution >= 0.6 is 23.4 Å². The standard InChI is InChI=1S/C20H23ClN2O6S/c1-20(2)14(19(28)29)23-16(25)13(17(23)30-20)22-15(24)12(18(26)27)8-7-10-3-5-11(9-21)6-4-10/h3-6,12-14,17H,7-9H2,1-2H3,(H,22,24)(H,26,27)(H,28,29). The number of hydrogen-bond acceptors (Lipinski definition) is 5. The van der Waals surface area contributed by atoms with E-state index in [-0.39, 0.29) is 6.42 Å². The molecule has 4 atom stereocenters. The van der Waals surface area contributed by atoms with Crippen molar-refractivity contribution in [3.8, 4) is 0 Å². The average molecular weight is 455 g/mol. The van der Waals surface area contributed by atoms with Crippen LogP contribution in [0, 0.1) is 5.92 Å². The quantitative estimate of drug-likeness (QED) is 0.310. The van der Waals surface area contributed by atoms with E-state index < -0.39 is 51.9 Å². The van der Waals surface area contributed by atoms with Crippen molar-refractivity contribution in [3.63, 3.8) is 0 Å². The van der Waals surface area contributed by atoms with Gasteiger partial charge in [0.15, 0.2) is 0 Å². The third-order valence-corrected chi connectivity index (χ3v) is 7.37. The minimum atomic E-state index is -1.31. The Morgan fingerprint density at radius 1 is 1.20 bits per heavy atom. The van der Waals surface area contributed by atoms with Crippen LogP contribution in [0.1, 0.15) is 31.4 Å². The van der Waals surface area contributed by atoms with Crippen LogP contribution in [0.15, 0.2) is 24.3 Å². The maximum atomic E-state index is 12.6. The summed E-state index contributed by atoms with van der Waals surface area (Å²) < 4.78 is -0.715. The first kappa shape index (κ1) is 22.4. The lowest BCUT2D eigenvalue weighted by Crippen LogP contribution is -2.71. The minimum Gasteiger partial charge on any atom is -0.481 e. The van der Waals surface area contributed by atoms with Gasteiger partial charge in [-0.25, -0.2) is 4.79 Å². The number of alkyl halides is 1. The summed E-state index contributed by atoms with van der Waals surface area (Å²) in [5, 5.41) is 21.0. The molecule has 1 aromatic rings. The number of aliphatic carboxylic acids is 2. The number of carboxylic acid groups (broad SMARTS) is 2. The summed E-state index contributed by atoms with van der Waals surface area (Å²) >= 11 is 7.05. The van der Waals surface area contributed by atoms with E-state index in [0.29, 0.717) is 12.3 Å². The smallest absolute Gasteiger partial charge is 0.327 e. The van der Waals surface area contributed by atoms with Crippen LogP contribution in [-0.4, -0.2) is 61.1 Å². The monoisotopic (exact) mass is 454 g/mol. The second kappa shape index (κ2) is 8.47. The van der Waals surface area contributed by atoms with Gasteiger partial charge in [-0.1, -0.05) is 24.3 Å². The lowest BCUT2D eigenvalue weighted by molar-refractivity contribution is -0.161. The fourth-order valence-electron chi connectivity index (χ4n) is 3.87. The van der Waals surface area contributed by atoms with Crippen molar-refractivity contribution in [1.29, 1.82) is 0 Å². The maximum absolute atomic E-state index is 12.6. The molecule has 1 aromatic carbocycles. The summed E-state index contributed by atoms with van der Waals surface area (Å²) in [6.45, 7) is 3.47. The van der Waals surface area contributed by atoms with E-state index in [2.05, 4.69) is 5.32 Å². The SMILES string of the molecule is CC1(C)SC2C(NC(=O)C(CCc3ccc(CCl)cc3)C(=O)O)C(=O)N2C1C(=O)O. The molecule has 2 aliphatic rings. The fraction of sp³-hybridized carbons (Fsp3) is 0.500. The summed E-state index contributed by atoms with van der Waals surface area (Å²) in [6, 6.07) is 5.46. The first-order chi connectivity index (χ1) is 14.1. The van der Waals surface area contributed by atoms with Gasteiger partial charge >= 0.3 is 11.9 Å². The molecule has 0 aliphatic carbocycles. The molecule has 2 saturated heterocycles. The van der Waals surface area contributed by atoms with E-state index in [9.17, 15) is 29.4 Å². The molecular weight excluding hydrogens is 432 g/mol. The summed E-state index contributed by atoms with van der Waals surface area (Å²) in [7, 11) is 0. The van der Waals surface area contributed by atoms with Crippen LogP contribution in [-0.2, 0) is 31.5 Å². The van der Waals surface area contributed by atoms with Crippen molar-refractivity contribution in [2.24, 2.45) is 5.92 Å². The van der Waals surface area contributed by atoms with Crippen LogP contribution in [0.5, 0.6) is 0 Å². The molecule has 30 heavy (non-hydrogen) atoms. The van der Waals surface area contributed by atoms with Crippen molar-refractivity contribution in [2.45, 2.75) is 54.8 Å². The Bertz CT molecular complexity index is 875. The minimum absolute atomic E-state index is 0.0765. The number of halogens is 1. The summed E-state index contributed by atoms with van der Waals surface area (Å²) in [6.07, 6.45) is 0.455. The molecule has 10 heteroatoms. The molecule has 162 valence electrons. The molecule has 8 nitrogen and oxygen atoms in total. The third kappa shape index (κ3) is 4.13. The molecule has 4 unspecified atom stereocenters. The van der Waals surface area contributed by atoms with Gasteiger partial charge in [-0.2, -0.15) is 0 Å². The van der Waals surface area contributed by atoms with Crippen LogP contribution in [0.3, 0.4) is 0 Å². The van der Waals surface area contributed by atoms with Crippen molar-refractivity contribution in [1.82, 2.24) is 10.2 Å². The van der Waals surface area contributed by atoms with Crippen molar-refractivity contribution >= 4 is 47.1 Å². The number of carbonyl (C=O) groups excluding carboxylic acids is 2. The molecule has 2 amide bonds. The highest BCUT2D eigenvalue weighted by Gasteiger charge is 2.64. The second-order valence-electron chi connectivity index (χ2n) is 7.96. The predicted molar refractivity (Wildman–Crippen MR) is 111 cm³/mol. The third-order valence-electron chi connectivity index (χ3n) is 5.49. The molecule has 0 spiro atoms. The zero-order valence-corrected chi connectivity index (χ0v) is 18.1. The van der Waals surface area contributed by atoms with Crippen LogP contribution < -0.4 is 5.32 Å². The molecule has 3 N–H and O–H groups in total. The molecule has 0 bridgehead atoms. The normalized spacial score (nSPS) is 25.2. The predicted octanol–water partition coefficient (Wildman–Crippen LogP) is 1.69. The van der Waals surface area contributed by atoms with E-state index in [1.807, 2.05) is 24.3 Å². The van der Waals surface area contributed by atoms with E-state index in [0.717, 1.165) is 11.1 Å². The zero-order valence-electron chi connectivity index (χ0n) is 16.5. The number of aryl methyl sites for hydroxylation is 1. The number of fused-ring (bicyclic) bond motifs is 1. The van der Waals surface area contributed by atoms with Gasteiger partial charge in [-0.05, 0) is 37.8 Å². The molecule has 0 saturated carbocycles. The molecule has 2 heterocycles. The second-order valence-corrected chi connectivity index (χ2v) is 10.0. The van der Waals surface area contributed by atoms with Crippen LogP contribution in [0.25, 0.3) is 0 Å². The number of β-lactam (4-membered cyclic amide) rings is 1. The molecule has 2 aliphatic heterocycles. The zero-order chi connectivity index (χ0) is 22.2. The summed E-state index contributed by atoms with van der Waals surface area (Å²) in [5.74, 6) is -4.54. The Morgan fingerprint density at radius 3 is 2.33 bits per heavy atom. The fourth-order valence-corrected chi connectivity index (χ4v) is 5.68. The molecule has 3 rings (SSSR count). The van der Waals surface area contributed by atoms with Gasteiger partial charge in [0.2, 0.25) is 11.8 Å². The van der Waals surface area contributed by atoms with E-state index >= 15 is 0 Å². The Balaban J connectivity index is 1.64. The van der Waals surface area contributed by atoms with Gasteiger partial charge in [0.05, 0.1) is 0 Å². The molecule has 0 radical (unpaired) electrons. The van der Waals surface area contributed by atoms with Gasteiger partial charge in [0, 0.05) is 10.6 Å². The molecule has 2 fully saturated rings. The Morgan fingerprint density at radius 2 is 1.80 bits per heavy atom. The first-order valence-electron chi connectivity index (χ1n) is 9.46. The van der Waals surface area contributed by atoms with E-state index in [4.69, 9.17) is 11.6 Å². The highest BCUT2D eigenvalue weighted by Crippen LogP contribution is 2.50. The van der Waals surface area contributed by atoms with Crippen LogP contribution in [0.2, 0.25) is 0 Å². The van der Waals surface area contributed by atoms with Crippen LogP contribution in [0.4, 0.5) is 0 Å². The van der Waals surface area contributed by atoms with E-state index in [1.165, 1.54) is 16.7 Å². The van der Waals surface area contributed by atoms with Gasteiger partial charge < -0.3 is 20.4 Å². The average Bonchev–Trinajstić information content (AvgIpc) is 2.94. The number of nitrogens with zero attached hydrogens (tertiary/aromatic N) is 1. The Kier molecular flexibility index (Phi) is 6.33. The van der Waals surface area contributed by atoms with Crippen molar-refractivity contribution in [2.75, 3.05) is 0 Å². The number of carboxylic acids is 2. The number of thioether (sulfide) groups is 1. The highest BCUT2D eigenvalue weighted by molar-refractivity contribution is 8.01. The van der Waals surface area contributed by atoms with Gasteiger partial charge in [-0.3, -0.25) is 14.4 Å². The largest absolute Gasteiger partial charge is 0.481 e. The number of hydrogen-bond donors (Lipinski definition) is 3. The topological polar surface area (TPSA) is 124 Å². The number of amides is 2. The molecular formula is C20H23ClN2O6S. The van der Waals surface area contributed by atoms with Gasteiger partial charge in [-0.15, -0.1) is 23.4 Å². The van der Waals surface area contributed by atoms with Crippen molar-refractivity contribution in [3.05, 3.63) is 35.4 Å². The lowest BCUT2D eigenvalue weighted by atomic mass is 9.94. The summed E-state index contributed by atoms with van der Waals surface area (Å²) in [4.78, 5) is 49.6. The summed E-state index contributed by atoms with van der Waals surface area (Å²) in [5.41, 5.74) is 1.82. The van der Waals surface area contributed by atoms with Gasteiger partial charge in [0.25, 0.3) is 0 Å². The van der Waals surface area contributed by atoms with E-state index in [1.54, 1.807) is 13.8 Å². The number of rotatable bonds is 8. The highest BCUT2D eigenvalue weighted by atomic mass is 35.5. The lowest BCUT2D eigenvalue weighted by Gasteiger charge is -2.43. The number of benzene rings is 1. The maximum Gasteiger partial charge on any atom is 0.327 e. The Hall–Kier alpha value is -2.26. The van der Waals surface area contributed by atoms with Crippen molar-refractivity contribution < 1.29 is 29.4 Å². The van der Waals surface area contributed by atoms with Gasteiger partial charge in [0.1, 0.15) is 23.4 Å². The number of nitrogens with one attached hydrogen (secondary N) is 1.